The van der Waals surface area contributed by atoms with Crippen molar-refractivity contribution >= 4 is 24.0 Å². The Morgan fingerprint density at radius 2 is 1.80 bits per heavy atom. The molecule has 0 bridgehead atoms. The summed E-state index contributed by atoms with van der Waals surface area (Å²) >= 11 is 0. The molecular weight excluding hydrogens is 326 g/mol. The molecule has 25 heavy (non-hydrogen) atoms. The van der Waals surface area contributed by atoms with Crippen LogP contribution < -0.4 is 21.7 Å². The zero-order chi connectivity index (χ0) is 19.2. The van der Waals surface area contributed by atoms with E-state index in [1.165, 1.54) is 0 Å². The quantitative estimate of drug-likeness (QED) is 0.144. The minimum absolute atomic E-state index is 0.143. The standard InChI is InChI=1S/C16H31N5O4/c1-11(2)9-12(21-14(22)5-6-15(23)24)16(25)20-8-4-3-7-19-13(18)10-17/h10-13,17,19H,3-9,18H2,1-2H3,(H,20,25)(H,21,22)(H,23,24). The van der Waals surface area contributed by atoms with Gasteiger partial charge in [-0.05, 0) is 31.7 Å². The lowest BCUT2D eigenvalue weighted by molar-refractivity contribution is -0.139. The number of nitrogens with one attached hydrogen (secondary N) is 4. The Kier molecular flexibility index (Phi) is 12.2. The number of hydrogen-bond acceptors (Lipinski definition) is 6. The number of carbonyl (C=O) groups excluding carboxylic acids is 2. The number of amides is 2. The minimum Gasteiger partial charge on any atom is -0.481 e. The summed E-state index contributed by atoms with van der Waals surface area (Å²) < 4.78 is 0. The van der Waals surface area contributed by atoms with Crippen molar-refractivity contribution in [3.05, 3.63) is 0 Å². The molecule has 0 aliphatic rings. The van der Waals surface area contributed by atoms with Crippen LogP contribution in [0.2, 0.25) is 0 Å². The number of aliphatic carboxylic acids is 1. The third kappa shape index (κ3) is 13.0. The van der Waals surface area contributed by atoms with E-state index < -0.39 is 24.1 Å². The molecule has 144 valence electrons. The molecule has 0 aromatic rings. The van der Waals surface area contributed by atoms with E-state index >= 15 is 0 Å². The first-order chi connectivity index (χ1) is 11.8. The van der Waals surface area contributed by atoms with E-state index in [0.29, 0.717) is 19.5 Å². The van der Waals surface area contributed by atoms with E-state index in [9.17, 15) is 14.4 Å². The second-order valence-electron chi connectivity index (χ2n) is 6.29. The summed E-state index contributed by atoms with van der Waals surface area (Å²) in [4.78, 5) is 34.5. The Balaban J connectivity index is 4.19. The Morgan fingerprint density at radius 3 is 2.36 bits per heavy atom. The van der Waals surface area contributed by atoms with Gasteiger partial charge in [0.1, 0.15) is 6.04 Å². The maximum absolute atomic E-state index is 12.2. The van der Waals surface area contributed by atoms with Crippen molar-refractivity contribution in [2.24, 2.45) is 11.7 Å². The average Bonchev–Trinajstić information content (AvgIpc) is 2.54. The van der Waals surface area contributed by atoms with Gasteiger partial charge < -0.3 is 26.9 Å². The van der Waals surface area contributed by atoms with Gasteiger partial charge in [-0.1, -0.05) is 13.8 Å². The van der Waals surface area contributed by atoms with Crippen LogP contribution in [-0.4, -0.2) is 54.4 Å². The van der Waals surface area contributed by atoms with Crippen molar-refractivity contribution in [3.8, 4) is 0 Å². The fourth-order valence-corrected chi connectivity index (χ4v) is 2.10. The summed E-state index contributed by atoms with van der Waals surface area (Å²) in [5.41, 5.74) is 5.51. The number of hydrogen-bond donors (Lipinski definition) is 6. The van der Waals surface area contributed by atoms with Crippen LogP contribution in [0, 0.1) is 11.3 Å². The van der Waals surface area contributed by atoms with Gasteiger partial charge in [0.2, 0.25) is 11.8 Å². The third-order valence-electron chi connectivity index (χ3n) is 3.39. The first kappa shape index (κ1) is 23.0. The number of rotatable bonds is 14. The minimum atomic E-state index is -1.05. The molecule has 0 aliphatic carbocycles. The molecule has 0 saturated heterocycles. The second kappa shape index (κ2) is 13.3. The van der Waals surface area contributed by atoms with Crippen molar-refractivity contribution in [2.75, 3.05) is 13.1 Å². The van der Waals surface area contributed by atoms with Gasteiger partial charge in [-0.25, -0.2) is 0 Å². The van der Waals surface area contributed by atoms with Gasteiger partial charge in [0.15, 0.2) is 0 Å². The lowest BCUT2D eigenvalue weighted by atomic mass is 10.0. The van der Waals surface area contributed by atoms with E-state index in [1.807, 2.05) is 13.8 Å². The molecule has 0 heterocycles. The molecule has 0 aromatic carbocycles. The van der Waals surface area contributed by atoms with Crippen LogP contribution in [0.25, 0.3) is 0 Å². The molecular formula is C16H31N5O4. The summed E-state index contributed by atoms with van der Waals surface area (Å²) in [5, 5.41) is 23.9. The number of carbonyl (C=O) groups is 3. The Labute approximate surface area is 148 Å². The Hall–Kier alpha value is -2.00. The van der Waals surface area contributed by atoms with Crippen LogP contribution in [0.1, 0.15) is 46.0 Å². The molecule has 9 heteroatoms. The molecule has 2 atom stereocenters. The molecule has 0 radical (unpaired) electrons. The smallest absolute Gasteiger partial charge is 0.303 e. The van der Waals surface area contributed by atoms with Crippen molar-refractivity contribution in [3.63, 3.8) is 0 Å². The van der Waals surface area contributed by atoms with E-state index in [-0.39, 0.29) is 24.7 Å². The summed E-state index contributed by atoms with van der Waals surface area (Å²) in [6.07, 6.45) is 2.28. The summed E-state index contributed by atoms with van der Waals surface area (Å²) in [6, 6.07) is -0.661. The largest absolute Gasteiger partial charge is 0.481 e. The van der Waals surface area contributed by atoms with E-state index in [2.05, 4.69) is 16.0 Å². The number of carboxylic acid groups (broad SMARTS) is 1. The first-order valence-electron chi connectivity index (χ1n) is 8.54. The molecule has 0 aromatic heterocycles. The zero-order valence-electron chi connectivity index (χ0n) is 15.0. The van der Waals surface area contributed by atoms with Gasteiger partial charge in [0, 0.05) is 19.2 Å². The molecule has 0 saturated carbocycles. The topological polar surface area (TPSA) is 157 Å². The molecule has 0 spiro atoms. The Morgan fingerprint density at radius 1 is 1.16 bits per heavy atom. The van der Waals surface area contributed by atoms with E-state index in [4.69, 9.17) is 16.2 Å². The molecule has 7 N–H and O–H groups in total. The van der Waals surface area contributed by atoms with Crippen LogP contribution in [0.3, 0.4) is 0 Å². The summed E-state index contributed by atoms with van der Waals surface area (Å²) in [5.74, 6) is -1.53. The van der Waals surface area contributed by atoms with Gasteiger partial charge >= 0.3 is 5.97 Å². The highest BCUT2D eigenvalue weighted by Crippen LogP contribution is 2.06. The van der Waals surface area contributed by atoms with Crippen molar-refractivity contribution in [1.82, 2.24) is 16.0 Å². The van der Waals surface area contributed by atoms with Crippen molar-refractivity contribution < 1.29 is 19.5 Å². The lowest BCUT2D eigenvalue weighted by Crippen LogP contribution is -2.47. The highest BCUT2D eigenvalue weighted by Gasteiger charge is 2.21. The summed E-state index contributed by atoms with van der Waals surface area (Å²) in [7, 11) is 0. The van der Waals surface area contributed by atoms with Gasteiger partial charge in [-0.2, -0.15) is 0 Å². The summed E-state index contributed by atoms with van der Waals surface area (Å²) in [6.45, 7) is 5.01. The average molecular weight is 357 g/mol. The van der Waals surface area contributed by atoms with Gasteiger partial charge in [-0.3, -0.25) is 19.7 Å². The van der Waals surface area contributed by atoms with Crippen molar-refractivity contribution in [1.29, 1.82) is 5.41 Å². The number of unbranched alkanes of at least 4 members (excludes halogenated alkanes) is 1. The Bertz CT molecular complexity index is 442. The van der Waals surface area contributed by atoms with Crippen LogP contribution in [0.15, 0.2) is 0 Å². The third-order valence-corrected chi connectivity index (χ3v) is 3.39. The van der Waals surface area contributed by atoms with Gasteiger partial charge in [0.25, 0.3) is 0 Å². The molecule has 0 rings (SSSR count). The number of nitrogens with two attached hydrogens (primary N) is 1. The molecule has 0 fully saturated rings. The second-order valence-corrected chi connectivity index (χ2v) is 6.29. The van der Waals surface area contributed by atoms with Gasteiger partial charge in [-0.15, -0.1) is 0 Å². The van der Waals surface area contributed by atoms with Crippen LogP contribution >= 0.6 is 0 Å². The van der Waals surface area contributed by atoms with E-state index in [1.54, 1.807) is 0 Å². The monoisotopic (exact) mass is 357 g/mol. The highest BCUT2D eigenvalue weighted by molar-refractivity contribution is 5.88. The van der Waals surface area contributed by atoms with Gasteiger partial charge in [0.05, 0.1) is 12.6 Å². The predicted octanol–water partition coefficient (Wildman–Crippen LogP) is -0.198. The van der Waals surface area contributed by atoms with Crippen LogP contribution in [0.4, 0.5) is 0 Å². The number of carboxylic acids is 1. The van der Waals surface area contributed by atoms with Crippen LogP contribution in [-0.2, 0) is 14.4 Å². The molecule has 2 unspecified atom stereocenters. The fraction of sp³-hybridized carbons (Fsp3) is 0.750. The maximum atomic E-state index is 12.2. The zero-order valence-corrected chi connectivity index (χ0v) is 15.0. The lowest BCUT2D eigenvalue weighted by Gasteiger charge is -2.20. The maximum Gasteiger partial charge on any atom is 0.303 e. The fourth-order valence-electron chi connectivity index (χ4n) is 2.10. The molecule has 9 nitrogen and oxygen atoms in total. The SMILES string of the molecule is CC(C)CC(NC(=O)CCC(=O)O)C(=O)NCCCCNC(N)C=N. The normalized spacial score (nSPS) is 13.1. The predicted molar refractivity (Wildman–Crippen MR) is 95.3 cm³/mol. The van der Waals surface area contributed by atoms with Crippen molar-refractivity contribution in [2.45, 2.75) is 58.2 Å². The molecule has 0 aliphatic heterocycles. The van der Waals surface area contributed by atoms with Crippen LogP contribution in [0.5, 0.6) is 0 Å². The molecule has 2 amide bonds. The van der Waals surface area contributed by atoms with E-state index in [0.717, 1.165) is 19.1 Å². The first-order valence-corrected chi connectivity index (χ1v) is 8.54. The highest BCUT2D eigenvalue weighted by atomic mass is 16.4.